The number of rotatable bonds is 5. The Morgan fingerprint density at radius 3 is 2.34 bits per heavy atom. The highest BCUT2D eigenvalue weighted by atomic mass is 16.3. The lowest BCUT2D eigenvalue weighted by atomic mass is 9.66. The molecule has 1 aliphatic carbocycles. The number of carbonyl (C=O) groups excluding carboxylic acids is 1. The van der Waals surface area contributed by atoms with E-state index >= 15 is 0 Å². The number of fused-ring (bicyclic) bond motifs is 1. The van der Waals surface area contributed by atoms with E-state index in [-0.39, 0.29) is 16.7 Å². The van der Waals surface area contributed by atoms with Crippen LogP contribution < -0.4 is 0 Å². The molecule has 1 aromatic rings. The average Bonchev–Trinajstić information content (AvgIpc) is 2.72. The summed E-state index contributed by atoms with van der Waals surface area (Å²) in [5.74, 6) is 1.24. The van der Waals surface area contributed by atoms with Crippen LogP contribution in [0.15, 0.2) is 18.2 Å². The summed E-state index contributed by atoms with van der Waals surface area (Å²) in [4.78, 5) is 19.8. The second-order valence-corrected chi connectivity index (χ2v) is 11.8. The largest absolute Gasteiger partial charge is 0.508 e. The molecular formula is C27H45N3O2. The number of hydrogen-bond donors (Lipinski definition) is 1. The van der Waals surface area contributed by atoms with Gasteiger partial charge in [0.1, 0.15) is 5.75 Å². The van der Waals surface area contributed by atoms with Crippen LogP contribution in [0.3, 0.4) is 0 Å². The van der Waals surface area contributed by atoms with Crippen LogP contribution in [0.2, 0.25) is 0 Å². The zero-order chi connectivity index (χ0) is 23.8. The fraction of sp³-hybridized carbons (Fsp3) is 0.741. The maximum atomic E-state index is 12.7. The van der Waals surface area contributed by atoms with Gasteiger partial charge >= 0.3 is 0 Å². The summed E-state index contributed by atoms with van der Waals surface area (Å²) < 4.78 is 0. The van der Waals surface area contributed by atoms with E-state index in [1.807, 2.05) is 32.9 Å². The van der Waals surface area contributed by atoms with Crippen LogP contribution in [-0.4, -0.2) is 78.1 Å². The summed E-state index contributed by atoms with van der Waals surface area (Å²) in [7, 11) is 4.52. The first-order chi connectivity index (χ1) is 14.9. The number of phenolic OH excluding ortho intramolecular Hbond substituents is 1. The third-order valence-corrected chi connectivity index (χ3v) is 7.95. The molecule has 0 unspecified atom stereocenters. The van der Waals surface area contributed by atoms with Gasteiger partial charge in [-0.15, -0.1) is 0 Å². The number of carbonyl (C=O) groups is 1. The summed E-state index contributed by atoms with van der Waals surface area (Å²) in [5, 5.41) is 10.2. The molecule has 1 N–H and O–H groups in total. The molecule has 1 fully saturated rings. The lowest BCUT2D eigenvalue weighted by Gasteiger charge is -2.52. The molecule has 32 heavy (non-hydrogen) atoms. The molecule has 0 saturated carbocycles. The standard InChI is InChI=1S/C27H45N3O2/c1-9-28(7)23-16-20-10-11-21(31)17-22(20)27(5,6)24(23)29(8)18-19-12-14-30(15-13-19)25(32)26(2,3)4/h10-11,17,19,23-24,31H,9,12-16,18H2,1-8H3/t23-,24+/m1/s1. The van der Waals surface area contributed by atoms with Crippen molar-refractivity contribution in [2.75, 3.05) is 40.3 Å². The molecule has 5 heteroatoms. The quantitative estimate of drug-likeness (QED) is 0.743. The van der Waals surface area contributed by atoms with Crippen molar-refractivity contribution in [2.45, 2.75) is 78.3 Å². The third kappa shape index (κ3) is 4.99. The first kappa shape index (κ1) is 25.0. The lowest BCUT2D eigenvalue weighted by molar-refractivity contribution is -0.141. The van der Waals surface area contributed by atoms with Crippen molar-refractivity contribution in [3.63, 3.8) is 0 Å². The topological polar surface area (TPSA) is 47.0 Å². The van der Waals surface area contributed by atoms with Gasteiger partial charge in [-0.05, 0) is 69.1 Å². The fourth-order valence-corrected chi connectivity index (χ4v) is 6.11. The number of likely N-dealkylation sites (N-methyl/N-ethyl adjacent to an activating group) is 2. The van der Waals surface area contributed by atoms with E-state index in [0.29, 0.717) is 23.8 Å². The van der Waals surface area contributed by atoms with Crippen molar-refractivity contribution in [1.29, 1.82) is 0 Å². The molecule has 2 atom stereocenters. The average molecular weight is 444 g/mol. The summed E-state index contributed by atoms with van der Waals surface area (Å²) in [6.45, 7) is 16.8. The Morgan fingerprint density at radius 2 is 1.78 bits per heavy atom. The first-order valence-electron chi connectivity index (χ1n) is 12.4. The summed E-state index contributed by atoms with van der Waals surface area (Å²) in [6, 6.07) is 6.71. The molecule has 1 heterocycles. The maximum Gasteiger partial charge on any atom is 0.227 e. The highest BCUT2D eigenvalue weighted by Crippen LogP contribution is 2.42. The molecule has 0 radical (unpaired) electrons. The Kier molecular flexibility index (Phi) is 7.31. The van der Waals surface area contributed by atoms with Crippen LogP contribution in [0.25, 0.3) is 0 Å². The molecule has 0 aromatic heterocycles. The van der Waals surface area contributed by atoms with Crippen molar-refractivity contribution in [3.8, 4) is 5.75 Å². The predicted octanol–water partition coefficient (Wildman–Crippen LogP) is 4.13. The summed E-state index contributed by atoms with van der Waals surface area (Å²) in [6.07, 6.45) is 3.16. The number of benzene rings is 1. The number of phenols is 1. The van der Waals surface area contributed by atoms with Gasteiger partial charge in [-0.3, -0.25) is 4.79 Å². The van der Waals surface area contributed by atoms with Gasteiger partial charge in [0.2, 0.25) is 5.91 Å². The number of nitrogens with zero attached hydrogens (tertiary/aromatic N) is 3. The Bertz CT molecular complexity index is 806. The highest BCUT2D eigenvalue weighted by molar-refractivity contribution is 5.81. The second kappa shape index (κ2) is 9.34. The van der Waals surface area contributed by atoms with Crippen LogP contribution in [0.1, 0.15) is 65.5 Å². The Balaban J connectivity index is 1.76. The lowest BCUT2D eigenvalue weighted by Crippen LogP contribution is -2.62. The van der Waals surface area contributed by atoms with Gasteiger partial charge in [0, 0.05) is 42.5 Å². The predicted molar refractivity (Wildman–Crippen MR) is 132 cm³/mol. The number of likely N-dealkylation sites (tertiary alicyclic amines) is 1. The van der Waals surface area contributed by atoms with E-state index in [1.54, 1.807) is 0 Å². The van der Waals surface area contributed by atoms with Gasteiger partial charge in [-0.1, -0.05) is 47.6 Å². The van der Waals surface area contributed by atoms with Crippen molar-refractivity contribution in [3.05, 3.63) is 29.3 Å². The third-order valence-electron chi connectivity index (χ3n) is 7.95. The second-order valence-electron chi connectivity index (χ2n) is 11.8. The summed E-state index contributed by atoms with van der Waals surface area (Å²) >= 11 is 0. The normalized spacial score (nSPS) is 24.1. The van der Waals surface area contributed by atoms with E-state index in [0.717, 1.165) is 45.4 Å². The van der Waals surface area contributed by atoms with E-state index < -0.39 is 0 Å². The number of aromatic hydroxyl groups is 1. The van der Waals surface area contributed by atoms with Crippen molar-refractivity contribution in [1.82, 2.24) is 14.7 Å². The van der Waals surface area contributed by atoms with Gasteiger partial charge in [0.25, 0.3) is 0 Å². The first-order valence-corrected chi connectivity index (χ1v) is 12.4. The monoisotopic (exact) mass is 443 g/mol. The number of hydrogen-bond acceptors (Lipinski definition) is 4. The molecular weight excluding hydrogens is 398 g/mol. The Morgan fingerprint density at radius 1 is 1.16 bits per heavy atom. The molecule has 180 valence electrons. The highest BCUT2D eigenvalue weighted by Gasteiger charge is 2.46. The zero-order valence-corrected chi connectivity index (χ0v) is 21.6. The molecule has 1 aromatic carbocycles. The van der Waals surface area contributed by atoms with Crippen LogP contribution >= 0.6 is 0 Å². The number of piperidine rings is 1. The molecule has 1 saturated heterocycles. The Hall–Kier alpha value is -1.59. The Labute approximate surface area is 195 Å². The van der Waals surface area contributed by atoms with Gasteiger partial charge in [0.05, 0.1) is 0 Å². The minimum Gasteiger partial charge on any atom is -0.508 e. The van der Waals surface area contributed by atoms with Crippen LogP contribution in [-0.2, 0) is 16.6 Å². The van der Waals surface area contributed by atoms with E-state index in [1.165, 1.54) is 11.1 Å². The molecule has 1 aliphatic heterocycles. The zero-order valence-electron chi connectivity index (χ0n) is 21.6. The molecule has 1 amide bonds. The van der Waals surface area contributed by atoms with Crippen LogP contribution in [0, 0.1) is 11.3 Å². The molecule has 5 nitrogen and oxygen atoms in total. The fourth-order valence-electron chi connectivity index (χ4n) is 6.11. The molecule has 3 rings (SSSR count). The van der Waals surface area contributed by atoms with E-state index in [9.17, 15) is 9.90 Å². The van der Waals surface area contributed by atoms with Gasteiger partial charge in [0.15, 0.2) is 0 Å². The van der Waals surface area contributed by atoms with Gasteiger partial charge in [-0.25, -0.2) is 0 Å². The number of amides is 1. The maximum absolute atomic E-state index is 12.7. The van der Waals surface area contributed by atoms with Gasteiger partial charge < -0.3 is 19.8 Å². The van der Waals surface area contributed by atoms with Crippen molar-refractivity contribution >= 4 is 5.91 Å². The van der Waals surface area contributed by atoms with Crippen LogP contribution in [0.5, 0.6) is 5.75 Å². The van der Waals surface area contributed by atoms with Crippen LogP contribution in [0.4, 0.5) is 0 Å². The molecule has 0 bridgehead atoms. The molecule has 2 aliphatic rings. The summed E-state index contributed by atoms with van der Waals surface area (Å²) in [5.41, 5.74) is 2.27. The minimum absolute atomic E-state index is 0.0714. The minimum atomic E-state index is -0.299. The molecule has 0 spiro atoms. The van der Waals surface area contributed by atoms with Crippen molar-refractivity contribution in [2.24, 2.45) is 11.3 Å². The van der Waals surface area contributed by atoms with E-state index in [4.69, 9.17) is 0 Å². The SMILES string of the molecule is CCN(C)[C@@H]1Cc2ccc(O)cc2C(C)(C)[C@H]1N(C)CC1CCN(C(=O)C(C)(C)C)CC1. The van der Waals surface area contributed by atoms with Gasteiger partial charge in [-0.2, -0.15) is 0 Å². The van der Waals surface area contributed by atoms with E-state index in [2.05, 4.69) is 55.6 Å². The van der Waals surface area contributed by atoms with Crippen molar-refractivity contribution < 1.29 is 9.90 Å². The smallest absolute Gasteiger partial charge is 0.227 e.